The predicted octanol–water partition coefficient (Wildman–Crippen LogP) is 2.77. The lowest BCUT2D eigenvalue weighted by atomic mass is 10.2. The van der Waals surface area contributed by atoms with Gasteiger partial charge in [-0.05, 0) is 31.2 Å². The van der Waals surface area contributed by atoms with E-state index in [1.807, 2.05) is 0 Å². The topological polar surface area (TPSA) is 112 Å². The van der Waals surface area contributed by atoms with Crippen LogP contribution < -0.4 is 5.32 Å². The van der Waals surface area contributed by atoms with E-state index in [-0.39, 0.29) is 11.4 Å². The zero-order valence-electron chi connectivity index (χ0n) is 12.7. The Morgan fingerprint density at radius 3 is 2.71 bits per heavy atom. The van der Waals surface area contributed by atoms with E-state index in [2.05, 4.69) is 5.32 Å². The van der Waals surface area contributed by atoms with Crippen LogP contribution in [0.3, 0.4) is 0 Å². The van der Waals surface area contributed by atoms with Gasteiger partial charge in [0.25, 0.3) is 11.6 Å². The Kier molecular flexibility index (Phi) is 5.45. The highest BCUT2D eigenvalue weighted by molar-refractivity contribution is 5.98. The number of rotatable bonds is 6. The molecule has 0 unspecified atom stereocenters. The van der Waals surface area contributed by atoms with Gasteiger partial charge in [0, 0.05) is 12.1 Å². The van der Waals surface area contributed by atoms with Crippen molar-refractivity contribution < 1.29 is 23.7 Å². The molecule has 2 aromatic rings. The molecule has 0 saturated carbocycles. The van der Waals surface area contributed by atoms with Crippen LogP contribution in [0.15, 0.2) is 53.2 Å². The smallest absolute Gasteiger partial charge is 0.331 e. The van der Waals surface area contributed by atoms with E-state index < -0.39 is 22.9 Å². The van der Waals surface area contributed by atoms with Crippen molar-refractivity contribution in [2.75, 3.05) is 5.32 Å². The number of nitro groups is 1. The fourth-order valence-electron chi connectivity index (χ4n) is 1.78. The average molecular weight is 330 g/mol. The van der Waals surface area contributed by atoms with Crippen molar-refractivity contribution in [1.82, 2.24) is 0 Å². The third kappa shape index (κ3) is 4.54. The number of esters is 1. The molecule has 0 fully saturated rings. The fraction of sp³-hybridized carbons (Fsp3) is 0.125. The maximum Gasteiger partial charge on any atom is 0.331 e. The van der Waals surface area contributed by atoms with Crippen LogP contribution in [0, 0.1) is 10.1 Å². The van der Waals surface area contributed by atoms with E-state index in [0.29, 0.717) is 5.76 Å². The van der Waals surface area contributed by atoms with Crippen molar-refractivity contribution >= 4 is 29.3 Å². The number of hydrogen-bond acceptors (Lipinski definition) is 6. The summed E-state index contributed by atoms with van der Waals surface area (Å²) in [5.74, 6) is -0.954. The number of hydrogen-bond donors (Lipinski definition) is 1. The van der Waals surface area contributed by atoms with Crippen molar-refractivity contribution in [3.63, 3.8) is 0 Å². The molecule has 0 spiro atoms. The van der Waals surface area contributed by atoms with Gasteiger partial charge in [-0.15, -0.1) is 0 Å². The molecule has 24 heavy (non-hydrogen) atoms. The van der Waals surface area contributed by atoms with Crippen molar-refractivity contribution in [2.24, 2.45) is 0 Å². The van der Waals surface area contributed by atoms with Gasteiger partial charge in [-0.2, -0.15) is 0 Å². The lowest BCUT2D eigenvalue weighted by Crippen LogP contribution is -2.29. The second kappa shape index (κ2) is 7.73. The van der Waals surface area contributed by atoms with Gasteiger partial charge in [-0.25, -0.2) is 4.79 Å². The molecule has 0 aliphatic heterocycles. The molecule has 1 N–H and O–H groups in total. The summed E-state index contributed by atoms with van der Waals surface area (Å²) in [6, 6.07) is 8.99. The molecular formula is C16H14N2O6. The van der Waals surface area contributed by atoms with Crippen molar-refractivity contribution in [3.8, 4) is 0 Å². The van der Waals surface area contributed by atoms with Crippen LogP contribution in [0.5, 0.6) is 0 Å². The Hall–Kier alpha value is -3.42. The van der Waals surface area contributed by atoms with E-state index in [1.165, 1.54) is 37.5 Å². The van der Waals surface area contributed by atoms with Crippen LogP contribution in [-0.2, 0) is 14.3 Å². The summed E-state index contributed by atoms with van der Waals surface area (Å²) in [4.78, 5) is 33.9. The van der Waals surface area contributed by atoms with Crippen LogP contribution in [0.4, 0.5) is 11.4 Å². The second-order valence-electron chi connectivity index (χ2n) is 4.69. The van der Waals surface area contributed by atoms with Gasteiger partial charge in [0.15, 0.2) is 6.10 Å². The number of benzene rings is 1. The number of nitrogens with one attached hydrogen (secondary N) is 1. The third-order valence-electron chi connectivity index (χ3n) is 2.95. The Labute approximate surface area is 136 Å². The van der Waals surface area contributed by atoms with Crippen molar-refractivity contribution in [2.45, 2.75) is 13.0 Å². The van der Waals surface area contributed by atoms with Crippen LogP contribution >= 0.6 is 0 Å². The minimum absolute atomic E-state index is 0.0292. The SMILES string of the molecule is C[C@H](OC(=O)/C=C/c1ccco1)C(=O)Nc1ccccc1[N+](=O)[O-]. The summed E-state index contributed by atoms with van der Waals surface area (Å²) in [6.07, 6.45) is 2.84. The molecule has 8 heteroatoms. The van der Waals surface area contributed by atoms with E-state index in [4.69, 9.17) is 9.15 Å². The molecule has 1 aromatic carbocycles. The van der Waals surface area contributed by atoms with Gasteiger partial charge in [-0.3, -0.25) is 14.9 Å². The fourth-order valence-corrected chi connectivity index (χ4v) is 1.78. The highest BCUT2D eigenvalue weighted by Gasteiger charge is 2.20. The zero-order valence-corrected chi connectivity index (χ0v) is 12.7. The summed E-state index contributed by atoms with van der Waals surface area (Å²) in [6.45, 7) is 1.36. The lowest BCUT2D eigenvalue weighted by molar-refractivity contribution is -0.383. The van der Waals surface area contributed by atoms with Crippen LogP contribution in [0.2, 0.25) is 0 Å². The number of nitrogens with zero attached hydrogens (tertiary/aromatic N) is 1. The first kappa shape index (κ1) is 16.9. The van der Waals surface area contributed by atoms with Crippen LogP contribution in [0.25, 0.3) is 6.08 Å². The third-order valence-corrected chi connectivity index (χ3v) is 2.95. The number of carbonyl (C=O) groups excluding carboxylic acids is 2. The van der Waals surface area contributed by atoms with E-state index in [9.17, 15) is 19.7 Å². The van der Waals surface area contributed by atoms with Gasteiger partial charge in [-0.1, -0.05) is 12.1 Å². The number of amides is 1. The Morgan fingerprint density at radius 1 is 1.29 bits per heavy atom. The summed E-state index contributed by atoms with van der Waals surface area (Å²) in [7, 11) is 0. The standard InChI is InChI=1S/C16H14N2O6/c1-11(24-15(19)9-8-12-5-4-10-23-12)16(20)17-13-6-2-3-7-14(13)18(21)22/h2-11H,1H3,(H,17,20)/b9-8+/t11-/m0/s1. The largest absolute Gasteiger partial charge is 0.465 e. The minimum Gasteiger partial charge on any atom is -0.465 e. The van der Waals surface area contributed by atoms with Crippen LogP contribution in [0.1, 0.15) is 12.7 Å². The molecular weight excluding hydrogens is 316 g/mol. The van der Waals surface area contributed by atoms with E-state index in [0.717, 1.165) is 6.08 Å². The quantitative estimate of drug-likeness (QED) is 0.377. The highest BCUT2D eigenvalue weighted by Crippen LogP contribution is 2.23. The monoisotopic (exact) mass is 330 g/mol. The number of carbonyl (C=O) groups is 2. The molecule has 1 heterocycles. The zero-order chi connectivity index (χ0) is 17.5. The first-order valence-corrected chi connectivity index (χ1v) is 6.94. The molecule has 1 atom stereocenters. The molecule has 0 saturated heterocycles. The van der Waals surface area contributed by atoms with E-state index >= 15 is 0 Å². The molecule has 0 aliphatic rings. The Bertz CT molecular complexity index is 767. The molecule has 124 valence electrons. The van der Waals surface area contributed by atoms with Gasteiger partial charge >= 0.3 is 5.97 Å². The molecule has 2 rings (SSSR count). The van der Waals surface area contributed by atoms with Crippen LogP contribution in [-0.4, -0.2) is 22.9 Å². The molecule has 1 aromatic heterocycles. The van der Waals surface area contributed by atoms with Gasteiger partial charge in [0.2, 0.25) is 0 Å². The number of anilines is 1. The minimum atomic E-state index is -1.13. The Morgan fingerprint density at radius 2 is 2.04 bits per heavy atom. The average Bonchev–Trinajstić information content (AvgIpc) is 3.06. The molecule has 1 amide bonds. The Balaban J connectivity index is 1.95. The molecule has 0 aliphatic carbocycles. The lowest BCUT2D eigenvalue weighted by Gasteiger charge is -2.12. The maximum atomic E-state index is 12.0. The number of furan rings is 1. The summed E-state index contributed by atoms with van der Waals surface area (Å²) >= 11 is 0. The summed E-state index contributed by atoms with van der Waals surface area (Å²) in [5, 5.41) is 13.3. The molecule has 0 radical (unpaired) electrons. The number of nitro benzene ring substituents is 1. The first-order valence-electron chi connectivity index (χ1n) is 6.94. The number of ether oxygens (including phenoxy) is 1. The van der Waals surface area contributed by atoms with Crippen molar-refractivity contribution in [1.29, 1.82) is 0 Å². The first-order chi connectivity index (χ1) is 11.5. The predicted molar refractivity (Wildman–Crippen MR) is 85.0 cm³/mol. The van der Waals surface area contributed by atoms with E-state index in [1.54, 1.807) is 18.2 Å². The summed E-state index contributed by atoms with van der Waals surface area (Å²) < 4.78 is 9.95. The van der Waals surface area contributed by atoms with Gasteiger partial charge < -0.3 is 14.5 Å². The number of para-hydroxylation sites is 2. The summed E-state index contributed by atoms with van der Waals surface area (Å²) in [5.41, 5.74) is -0.219. The van der Waals surface area contributed by atoms with Gasteiger partial charge in [0.05, 0.1) is 11.2 Å². The molecule has 0 bridgehead atoms. The highest BCUT2D eigenvalue weighted by atomic mass is 16.6. The van der Waals surface area contributed by atoms with Crippen molar-refractivity contribution in [3.05, 3.63) is 64.6 Å². The normalized spacial score (nSPS) is 11.9. The van der Waals surface area contributed by atoms with Gasteiger partial charge in [0.1, 0.15) is 11.4 Å². The second-order valence-corrected chi connectivity index (χ2v) is 4.69. The maximum absolute atomic E-state index is 12.0. The molecule has 8 nitrogen and oxygen atoms in total.